The van der Waals surface area contributed by atoms with E-state index in [0.29, 0.717) is 5.57 Å². The van der Waals surface area contributed by atoms with E-state index in [0.717, 1.165) is 11.1 Å². The van der Waals surface area contributed by atoms with E-state index in [-0.39, 0.29) is 5.41 Å². The number of carboxylic acids is 1. The van der Waals surface area contributed by atoms with Crippen molar-refractivity contribution in [2.24, 2.45) is 5.41 Å². The molecule has 1 aromatic carbocycles. The average molecular weight is 218 g/mol. The van der Waals surface area contributed by atoms with E-state index in [2.05, 4.69) is 0 Å². The van der Waals surface area contributed by atoms with Crippen LogP contribution in [0.5, 0.6) is 0 Å². The van der Waals surface area contributed by atoms with Gasteiger partial charge in [0, 0.05) is 5.57 Å². The maximum Gasteiger partial charge on any atom is 0.331 e. The van der Waals surface area contributed by atoms with Crippen LogP contribution in [0.15, 0.2) is 35.9 Å². The molecule has 2 heteroatoms. The Kier molecular flexibility index (Phi) is 3.53. The van der Waals surface area contributed by atoms with Gasteiger partial charge in [0.05, 0.1) is 0 Å². The van der Waals surface area contributed by atoms with E-state index in [1.807, 2.05) is 51.1 Å². The molecule has 2 nitrogen and oxygen atoms in total. The number of aliphatic carboxylic acids is 1. The van der Waals surface area contributed by atoms with Gasteiger partial charge in [-0.15, -0.1) is 0 Å². The quantitative estimate of drug-likeness (QED) is 0.770. The molecule has 0 atom stereocenters. The molecule has 0 spiro atoms. The summed E-state index contributed by atoms with van der Waals surface area (Å²) in [5.41, 5.74) is 2.11. The Balaban J connectivity index is 3.40. The lowest BCUT2D eigenvalue weighted by Crippen LogP contribution is -2.14. The predicted octanol–water partition coefficient (Wildman–Crippen LogP) is 3.59. The number of benzene rings is 1. The predicted molar refractivity (Wildman–Crippen MR) is 66.1 cm³/mol. The Morgan fingerprint density at radius 2 is 1.62 bits per heavy atom. The monoisotopic (exact) mass is 218 g/mol. The second kappa shape index (κ2) is 4.52. The molecule has 0 unspecified atom stereocenters. The first-order valence-electron chi connectivity index (χ1n) is 5.34. The van der Waals surface area contributed by atoms with Crippen molar-refractivity contribution in [2.75, 3.05) is 0 Å². The van der Waals surface area contributed by atoms with Crippen molar-refractivity contribution in [1.82, 2.24) is 0 Å². The number of rotatable bonds is 2. The van der Waals surface area contributed by atoms with Crippen molar-refractivity contribution >= 4 is 11.5 Å². The molecular formula is C14H18O2. The van der Waals surface area contributed by atoms with Crippen molar-refractivity contribution in [3.8, 4) is 0 Å². The first-order chi connectivity index (χ1) is 7.34. The van der Waals surface area contributed by atoms with Crippen LogP contribution in [-0.2, 0) is 4.79 Å². The Morgan fingerprint density at radius 3 is 2.00 bits per heavy atom. The molecule has 0 radical (unpaired) electrons. The summed E-state index contributed by atoms with van der Waals surface area (Å²) >= 11 is 0. The second-order valence-corrected chi connectivity index (χ2v) is 4.92. The van der Waals surface area contributed by atoms with Crippen molar-refractivity contribution in [1.29, 1.82) is 0 Å². The van der Waals surface area contributed by atoms with Crippen LogP contribution in [0.2, 0.25) is 0 Å². The SMILES string of the molecule is C/C(C(=O)O)=C(\c1ccccc1)C(C)(C)C. The summed E-state index contributed by atoms with van der Waals surface area (Å²) in [5, 5.41) is 9.12. The third-order valence-electron chi connectivity index (χ3n) is 2.51. The minimum Gasteiger partial charge on any atom is -0.478 e. The zero-order valence-corrected chi connectivity index (χ0v) is 10.2. The fourth-order valence-corrected chi connectivity index (χ4v) is 1.92. The number of allylic oxidation sites excluding steroid dienone is 1. The van der Waals surface area contributed by atoms with Gasteiger partial charge in [-0.3, -0.25) is 0 Å². The van der Waals surface area contributed by atoms with Crippen LogP contribution in [0.3, 0.4) is 0 Å². The largest absolute Gasteiger partial charge is 0.478 e. The molecule has 1 N–H and O–H groups in total. The molecule has 0 aliphatic heterocycles. The topological polar surface area (TPSA) is 37.3 Å². The van der Waals surface area contributed by atoms with Gasteiger partial charge in [-0.2, -0.15) is 0 Å². The molecule has 0 saturated heterocycles. The van der Waals surface area contributed by atoms with E-state index in [9.17, 15) is 4.79 Å². The minimum atomic E-state index is -0.853. The highest BCUT2D eigenvalue weighted by molar-refractivity contribution is 5.96. The van der Waals surface area contributed by atoms with Crippen LogP contribution >= 0.6 is 0 Å². The van der Waals surface area contributed by atoms with Crippen molar-refractivity contribution in [2.45, 2.75) is 27.7 Å². The molecule has 0 amide bonds. The number of hydrogen-bond acceptors (Lipinski definition) is 1. The van der Waals surface area contributed by atoms with E-state index in [1.54, 1.807) is 6.92 Å². The highest BCUT2D eigenvalue weighted by atomic mass is 16.4. The van der Waals surface area contributed by atoms with Gasteiger partial charge in [0.25, 0.3) is 0 Å². The lowest BCUT2D eigenvalue weighted by Gasteiger charge is -2.25. The summed E-state index contributed by atoms with van der Waals surface area (Å²) in [7, 11) is 0. The van der Waals surface area contributed by atoms with Crippen LogP contribution in [0.4, 0.5) is 0 Å². The summed E-state index contributed by atoms with van der Waals surface area (Å²) in [5.74, 6) is -0.853. The highest BCUT2D eigenvalue weighted by Crippen LogP contribution is 2.36. The summed E-state index contributed by atoms with van der Waals surface area (Å²) in [6.45, 7) is 7.75. The zero-order chi connectivity index (χ0) is 12.3. The van der Waals surface area contributed by atoms with Crippen LogP contribution in [0, 0.1) is 5.41 Å². The molecule has 16 heavy (non-hydrogen) atoms. The van der Waals surface area contributed by atoms with Gasteiger partial charge in [0.1, 0.15) is 0 Å². The molecule has 0 heterocycles. The van der Waals surface area contributed by atoms with Gasteiger partial charge in [0.2, 0.25) is 0 Å². The normalized spacial score (nSPS) is 13.2. The first kappa shape index (κ1) is 12.5. The Hall–Kier alpha value is -1.57. The van der Waals surface area contributed by atoms with Gasteiger partial charge in [-0.25, -0.2) is 4.79 Å². The van der Waals surface area contributed by atoms with Crippen LogP contribution < -0.4 is 0 Å². The lowest BCUT2D eigenvalue weighted by molar-refractivity contribution is -0.132. The molecule has 0 fully saturated rings. The van der Waals surface area contributed by atoms with Gasteiger partial charge in [-0.05, 0) is 23.5 Å². The van der Waals surface area contributed by atoms with Crippen molar-refractivity contribution < 1.29 is 9.90 Å². The third kappa shape index (κ3) is 2.72. The molecular weight excluding hydrogens is 200 g/mol. The molecule has 0 bridgehead atoms. The summed E-state index contributed by atoms with van der Waals surface area (Å²) in [6, 6.07) is 9.69. The standard InChI is InChI=1S/C14H18O2/c1-10(13(15)16)12(14(2,3)4)11-8-6-5-7-9-11/h5-9H,1-4H3,(H,15,16)/b12-10-. The van der Waals surface area contributed by atoms with Crippen LogP contribution in [-0.4, -0.2) is 11.1 Å². The van der Waals surface area contributed by atoms with E-state index in [4.69, 9.17) is 5.11 Å². The Morgan fingerprint density at radius 1 is 1.12 bits per heavy atom. The maximum atomic E-state index is 11.1. The molecule has 0 saturated carbocycles. The number of hydrogen-bond donors (Lipinski definition) is 1. The molecule has 0 aromatic heterocycles. The lowest BCUT2D eigenvalue weighted by atomic mass is 9.79. The summed E-state index contributed by atoms with van der Waals surface area (Å²) in [6.07, 6.45) is 0. The molecule has 0 aliphatic rings. The van der Waals surface area contributed by atoms with Gasteiger partial charge in [0.15, 0.2) is 0 Å². The van der Waals surface area contributed by atoms with Crippen LogP contribution in [0.25, 0.3) is 5.57 Å². The molecule has 1 rings (SSSR count). The van der Waals surface area contributed by atoms with Crippen molar-refractivity contribution in [3.63, 3.8) is 0 Å². The first-order valence-corrected chi connectivity index (χ1v) is 5.34. The number of carboxylic acid groups (broad SMARTS) is 1. The third-order valence-corrected chi connectivity index (χ3v) is 2.51. The van der Waals surface area contributed by atoms with Gasteiger partial charge >= 0.3 is 5.97 Å². The van der Waals surface area contributed by atoms with Crippen molar-refractivity contribution in [3.05, 3.63) is 41.5 Å². The summed E-state index contributed by atoms with van der Waals surface area (Å²) < 4.78 is 0. The summed E-state index contributed by atoms with van der Waals surface area (Å²) in [4.78, 5) is 11.1. The average Bonchev–Trinajstić information content (AvgIpc) is 2.17. The minimum absolute atomic E-state index is 0.177. The molecule has 1 aromatic rings. The smallest absolute Gasteiger partial charge is 0.331 e. The van der Waals surface area contributed by atoms with Gasteiger partial charge < -0.3 is 5.11 Å². The fraction of sp³-hybridized carbons (Fsp3) is 0.357. The zero-order valence-electron chi connectivity index (χ0n) is 10.2. The Labute approximate surface area is 96.6 Å². The second-order valence-electron chi connectivity index (χ2n) is 4.92. The maximum absolute atomic E-state index is 11.1. The van der Waals surface area contributed by atoms with E-state index in [1.165, 1.54) is 0 Å². The number of carbonyl (C=O) groups is 1. The van der Waals surface area contributed by atoms with E-state index >= 15 is 0 Å². The van der Waals surface area contributed by atoms with E-state index < -0.39 is 5.97 Å². The molecule has 0 aliphatic carbocycles. The fourth-order valence-electron chi connectivity index (χ4n) is 1.92. The molecule has 86 valence electrons. The van der Waals surface area contributed by atoms with Crippen LogP contribution in [0.1, 0.15) is 33.3 Å². The Bertz CT molecular complexity index is 408. The van der Waals surface area contributed by atoms with Gasteiger partial charge in [-0.1, -0.05) is 51.1 Å². The highest BCUT2D eigenvalue weighted by Gasteiger charge is 2.23.